The van der Waals surface area contributed by atoms with Crippen molar-refractivity contribution in [3.63, 3.8) is 0 Å². The lowest BCUT2D eigenvalue weighted by Crippen LogP contribution is -2.36. The fraction of sp³-hybridized carbons (Fsp3) is 0.400. The second-order valence-electron chi connectivity index (χ2n) is 8.70. The molecule has 0 bridgehead atoms. The number of anilines is 2. The van der Waals surface area contributed by atoms with Crippen molar-refractivity contribution in [1.29, 1.82) is 0 Å². The van der Waals surface area contributed by atoms with Gasteiger partial charge in [0.2, 0.25) is 5.91 Å². The molecular formula is C25H28Cl2N6O3S. The Morgan fingerprint density at radius 3 is 2.35 bits per heavy atom. The highest BCUT2D eigenvalue weighted by molar-refractivity contribution is 7.99. The summed E-state index contributed by atoms with van der Waals surface area (Å²) in [6.07, 6.45) is 0. The van der Waals surface area contributed by atoms with E-state index in [1.807, 2.05) is 41.0 Å². The summed E-state index contributed by atoms with van der Waals surface area (Å²) in [5.74, 6) is 0.824. The minimum absolute atomic E-state index is 0.152. The van der Waals surface area contributed by atoms with Gasteiger partial charge in [0.15, 0.2) is 11.0 Å². The van der Waals surface area contributed by atoms with Gasteiger partial charge in [-0.05, 0) is 42.5 Å². The molecule has 37 heavy (non-hydrogen) atoms. The summed E-state index contributed by atoms with van der Waals surface area (Å²) in [6, 6.07) is 13.1. The maximum absolute atomic E-state index is 12.8. The van der Waals surface area contributed by atoms with E-state index in [-0.39, 0.29) is 11.7 Å². The van der Waals surface area contributed by atoms with Gasteiger partial charge in [0.1, 0.15) is 0 Å². The largest absolute Gasteiger partial charge is 0.379 e. The molecule has 5 rings (SSSR count). The number of morpholine rings is 2. The summed E-state index contributed by atoms with van der Waals surface area (Å²) in [5.41, 5.74) is 2.49. The Labute approximate surface area is 230 Å². The van der Waals surface area contributed by atoms with Crippen molar-refractivity contribution in [2.24, 2.45) is 0 Å². The molecular weight excluding hydrogens is 535 g/mol. The fourth-order valence-electron chi connectivity index (χ4n) is 4.28. The number of thioether (sulfide) groups is 1. The summed E-state index contributed by atoms with van der Waals surface area (Å²) in [4.78, 5) is 17.3. The maximum atomic E-state index is 12.8. The molecule has 3 heterocycles. The zero-order valence-electron chi connectivity index (χ0n) is 20.2. The first kappa shape index (κ1) is 26.3. The number of benzene rings is 2. The van der Waals surface area contributed by atoms with Gasteiger partial charge in [-0.3, -0.25) is 14.3 Å². The van der Waals surface area contributed by atoms with Gasteiger partial charge in [-0.2, -0.15) is 0 Å². The lowest BCUT2D eigenvalue weighted by atomic mass is 10.2. The summed E-state index contributed by atoms with van der Waals surface area (Å²) in [7, 11) is 0. The molecule has 0 spiro atoms. The van der Waals surface area contributed by atoms with Crippen LogP contribution in [0.25, 0.3) is 5.69 Å². The molecule has 1 aromatic heterocycles. The van der Waals surface area contributed by atoms with E-state index in [1.165, 1.54) is 11.8 Å². The number of amides is 1. The second kappa shape index (κ2) is 12.5. The minimum Gasteiger partial charge on any atom is -0.379 e. The summed E-state index contributed by atoms with van der Waals surface area (Å²) < 4.78 is 12.9. The zero-order chi connectivity index (χ0) is 25.6. The quantitative estimate of drug-likeness (QED) is 0.413. The first-order valence-corrected chi connectivity index (χ1v) is 13.9. The van der Waals surface area contributed by atoms with Crippen molar-refractivity contribution in [1.82, 2.24) is 19.7 Å². The van der Waals surface area contributed by atoms with Crippen LogP contribution in [0, 0.1) is 0 Å². The Morgan fingerprint density at radius 1 is 0.946 bits per heavy atom. The molecule has 1 N–H and O–H groups in total. The van der Waals surface area contributed by atoms with Crippen LogP contribution in [0.15, 0.2) is 47.6 Å². The van der Waals surface area contributed by atoms with Crippen LogP contribution in [0.5, 0.6) is 0 Å². The number of nitrogens with one attached hydrogen (secondary N) is 1. The number of hydrogen-bond donors (Lipinski definition) is 1. The Hall–Kier alpha value is -2.34. The average molecular weight is 564 g/mol. The van der Waals surface area contributed by atoms with Crippen molar-refractivity contribution in [2.45, 2.75) is 11.7 Å². The number of carbonyl (C=O) groups excluding carboxylic acids is 1. The van der Waals surface area contributed by atoms with E-state index in [0.717, 1.165) is 43.4 Å². The minimum atomic E-state index is -0.152. The van der Waals surface area contributed by atoms with Gasteiger partial charge >= 0.3 is 0 Å². The molecule has 0 aliphatic carbocycles. The first-order chi connectivity index (χ1) is 18.1. The van der Waals surface area contributed by atoms with Crippen LogP contribution >= 0.6 is 35.0 Å². The molecule has 196 valence electrons. The van der Waals surface area contributed by atoms with Crippen LogP contribution in [0.2, 0.25) is 10.0 Å². The first-order valence-electron chi connectivity index (χ1n) is 12.1. The molecule has 1 amide bonds. The highest BCUT2D eigenvalue weighted by atomic mass is 35.5. The third-order valence-electron chi connectivity index (χ3n) is 6.17. The van der Waals surface area contributed by atoms with Crippen LogP contribution in [0.1, 0.15) is 5.82 Å². The fourth-order valence-corrected chi connectivity index (χ4v) is 5.47. The van der Waals surface area contributed by atoms with Gasteiger partial charge in [0, 0.05) is 42.6 Å². The maximum Gasteiger partial charge on any atom is 0.234 e. The predicted molar refractivity (Wildman–Crippen MR) is 146 cm³/mol. The standard InChI is InChI=1S/C25H28Cl2N6O3S/c26-18-1-4-20(5-2-18)33-23(16-31-7-11-35-12-8-31)29-30-25(33)37-17-24(34)28-19-3-6-22(21(27)15-19)32-9-13-36-14-10-32/h1-6,15H,7-14,16-17H2,(H,28,34). The number of nitrogens with zero attached hydrogens (tertiary/aromatic N) is 5. The molecule has 3 aromatic rings. The number of halogens is 2. The van der Waals surface area contributed by atoms with Crippen LogP contribution in [0.3, 0.4) is 0 Å². The van der Waals surface area contributed by atoms with E-state index < -0.39 is 0 Å². The van der Waals surface area contributed by atoms with E-state index in [9.17, 15) is 4.79 Å². The van der Waals surface area contributed by atoms with Crippen LogP contribution in [-0.4, -0.2) is 83.9 Å². The number of rotatable bonds is 8. The van der Waals surface area contributed by atoms with Gasteiger partial charge in [-0.15, -0.1) is 10.2 Å². The average Bonchev–Trinajstić information content (AvgIpc) is 3.31. The predicted octanol–water partition coefficient (Wildman–Crippen LogP) is 3.97. The molecule has 12 heteroatoms. The van der Waals surface area contributed by atoms with Crippen LogP contribution in [0.4, 0.5) is 11.4 Å². The number of aromatic nitrogens is 3. The van der Waals surface area contributed by atoms with Crippen molar-refractivity contribution < 1.29 is 14.3 Å². The van der Waals surface area contributed by atoms with Crippen molar-refractivity contribution in [3.8, 4) is 5.69 Å². The molecule has 0 unspecified atom stereocenters. The van der Waals surface area contributed by atoms with Gasteiger partial charge in [0.25, 0.3) is 0 Å². The Morgan fingerprint density at radius 2 is 1.65 bits per heavy atom. The summed E-state index contributed by atoms with van der Waals surface area (Å²) >= 11 is 14.0. The topological polar surface area (TPSA) is 84.8 Å². The number of carbonyl (C=O) groups is 1. The highest BCUT2D eigenvalue weighted by Crippen LogP contribution is 2.30. The second-order valence-corrected chi connectivity index (χ2v) is 10.5. The molecule has 0 saturated carbocycles. The highest BCUT2D eigenvalue weighted by Gasteiger charge is 2.20. The van der Waals surface area contributed by atoms with E-state index in [1.54, 1.807) is 6.07 Å². The van der Waals surface area contributed by atoms with Crippen molar-refractivity contribution >= 4 is 52.2 Å². The molecule has 2 aliphatic rings. The van der Waals surface area contributed by atoms with E-state index >= 15 is 0 Å². The van der Waals surface area contributed by atoms with Gasteiger partial charge in [-0.1, -0.05) is 35.0 Å². The number of hydrogen-bond acceptors (Lipinski definition) is 8. The lowest BCUT2D eigenvalue weighted by molar-refractivity contribution is -0.113. The molecule has 0 radical (unpaired) electrons. The monoisotopic (exact) mass is 562 g/mol. The van der Waals surface area contributed by atoms with E-state index in [2.05, 4.69) is 25.3 Å². The Bertz CT molecular complexity index is 1210. The number of ether oxygens (including phenoxy) is 2. The molecule has 2 aliphatic heterocycles. The van der Waals surface area contributed by atoms with E-state index in [4.69, 9.17) is 32.7 Å². The van der Waals surface area contributed by atoms with Gasteiger partial charge < -0.3 is 19.7 Å². The molecule has 2 saturated heterocycles. The third-order valence-corrected chi connectivity index (χ3v) is 7.65. The molecule has 0 atom stereocenters. The Balaban J connectivity index is 1.26. The zero-order valence-corrected chi connectivity index (χ0v) is 22.6. The normalized spacial score (nSPS) is 16.6. The van der Waals surface area contributed by atoms with Gasteiger partial charge in [-0.25, -0.2) is 0 Å². The lowest BCUT2D eigenvalue weighted by Gasteiger charge is -2.29. The van der Waals surface area contributed by atoms with Crippen LogP contribution < -0.4 is 10.2 Å². The SMILES string of the molecule is O=C(CSc1nnc(CN2CCOCC2)n1-c1ccc(Cl)cc1)Nc1ccc(N2CCOCC2)c(Cl)c1. The molecule has 9 nitrogen and oxygen atoms in total. The Kier molecular flexibility index (Phi) is 8.85. The van der Waals surface area contributed by atoms with Crippen molar-refractivity contribution in [3.05, 3.63) is 58.3 Å². The van der Waals surface area contributed by atoms with Crippen molar-refractivity contribution in [2.75, 3.05) is 68.6 Å². The summed E-state index contributed by atoms with van der Waals surface area (Å²) in [5, 5.41) is 13.7. The summed E-state index contributed by atoms with van der Waals surface area (Å²) in [6.45, 7) is 6.67. The molecule has 2 aromatic carbocycles. The van der Waals surface area contributed by atoms with Crippen LogP contribution in [-0.2, 0) is 20.8 Å². The van der Waals surface area contributed by atoms with E-state index in [0.29, 0.717) is 53.9 Å². The smallest absolute Gasteiger partial charge is 0.234 e. The third kappa shape index (κ3) is 6.76. The van der Waals surface area contributed by atoms with Gasteiger partial charge in [0.05, 0.1) is 49.4 Å². The molecule has 2 fully saturated rings.